The number of hydrogen-bond donors (Lipinski definition) is 4. The normalized spacial score (nSPS) is 19.5. The zero-order valence-corrected chi connectivity index (χ0v) is 14.9. The molecule has 0 aliphatic carbocycles. The first kappa shape index (κ1) is 19.5. The van der Waals surface area contributed by atoms with E-state index in [4.69, 9.17) is 10.5 Å². The van der Waals surface area contributed by atoms with E-state index in [0.717, 1.165) is 18.2 Å². The highest BCUT2D eigenvalue weighted by Gasteiger charge is 2.36. The van der Waals surface area contributed by atoms with Crippen molar-refractivity contribution in [2.45, 2.75) is 23.6 Å². The summed E-state index contributed by atoms with van der Waals surface area (Å²) in [4.78, 5) is 0.0547. The molecule has 0 amide bonds. The van der Waals surface area contributed by atoms with Crippen LogP contribution in [0.1, 0.15) is 12.0 Å². The van der Waals surface area contributed by atoms with Crippen molar-refractivity contribution >= 4 is 21.8 Å². The summed E-state index contributed by atoms with van der Waals surface area (Å²) in [5.74, 6) is -0.381. The van der Waals surface area contributed by atoms with Crippen LogP contribution >= 0.6 is 0 Å². The van der Waals surface area contributed by atoms with Crippen LogP contribution in [0.25, 0.3) is 0 Å². The molecule has 0 saturated carbocycles. The second-order valence-electron chi connectivity index (χ2n) is 6.14. The average molecular weight is 402 g/mol. The molecule has 0 bridgehead atoms. The first-order chi connectivity index (χ1) is 12.6. The van der Waals surface area contributed by atoms with Crippen LogP contribution in [0.5, 0.6) is 5.75 Å². The van der Waals surface area contributed by atoms with Crippen LogP contribution < -0.4 is 20.5 Å². The largest absolute Gasteiger partial charge is 0.488 e. The summed E-state index contributed by atoms with van der Waals surface area (Å²) in [5.41, 5.74) is 5.08. The molecular formula is C17H19F3N3O3S+. The molecule has 2 atom stereocenters. The van der Waals surface area contributed by atoms with E-state index in [1.165, 1.54) is 24.3 Å². The molecule has 2 aromatic rings. The van der Waals surface area contributed by atoms with Gasteiger partial charge >= 0.3 is 16.6 Å². The lowest BCUT2D eigenvalue weighted by Gasteiger charge is -2.18. The number of ether oxygens (including phenoxy) is 1. The standard InChI is InChI=1S/C17H18F3N3O3S/c18-17(19,20)15-6-3-12(9-16(15)26-13-7-8-22-10-13)23-27(24,25)14-4-1-11(21)2-5-14/h1-6,9,13,22H,7-8,10,21H2,(H-,23,24,25)/p+1. The lowest BCUT2D eigenvalue weighted by Crippen LogP contribution is -2.23. The van der Waals surface area contributed by atoms with E-state index in [1.54, 1.807) is 0 Å². The topological polar surface area (TPSA) is 96.6 Å². The zero-order valence-electron chi connectivity index (χ0n) is 14.1. The van der Waals surface area contributed by atoms with Gasteiger partial charge in [-0.1, -0.05) is 0 Å². The Hall–Kier alpha value is -2.30. The van der Waals surface area contributed by atoms with Crippen molar-refractivity contribution in [1.82, 2.24) is 5.32 Å². The van der Waals surface area contributed by atoms with Crippen LogP contribution in [0.2, 0.25) is 0 Å². The number of hydrogen-bond acceptors (Lipinski definition) is 4. The molecule has 6 nitrogen and oxygen atoms in total. The van der Waals surface area contributed by atoms with Gasteiger partial charge < -0.3 is 15.8 Å². The highest BCUT2D eigenvalue weighted by atomic mass is 32.3. The molecular weight excluding hydrogens is 383 g/mol. The monoisotopic (exact) mass is 402 g/mol. The Morgan fingerprint density at radius 3 is 2.52 bits per heavy atom. The fourth-order valence-electron chi connectivity index (χ4n) is 2.70. The van der Waals surface area contributed by atoms with Crippen LogP contribution in [-0.4, -0.2) is 23.7 Å². The van der Waals surface area contributed by atoms with Gasteiger partial charge in [-0.3, -0.25) is 0 Å². The predicted octanol–water partition coefficient (Wildman–Crippen LogP) is 3.39. The minimum absolute atomic E-state index is 0.0354. The van der Waals surface area contributed by atoms with Crippen molar-refractivity contribution in [2.24, 2.45) is 0 Å². The van der Waals surface area contributed by atoms with E-state index < -0.39 is 28.2 Å². The molecule has 5 N–H and O–H groups in total. The number of nitrogens with two attached hydrogens (primary N) is 1. The SMILES string of the molecule is Nc1ccc([S+](=O)(O)Nc2ccc(C(F)(F)F)c(OC3CCNC3)c2)cc1. The molecule has 0 radical (unpaired) electrons. The highest BCUT2D eigenvalue weighted by molar-refractivity contribution is 7.99. The van der Waals surface area contributed by atoms with E-state index in [-0.39, 0.29) is 16.3 Å². The maximum absolute atomic E-state index is 13.3. The molecule has 0 aromatic heterocycles. The predicted molar refractivity (Wildman–Crippen MR) is 96.8 cm³/mol. The lowest BCUT2D eigenvalue weighted by atomic mass is 10.1. The number of nitrogen functional groups attached to an aromatic ring is 1. The van der Waals surface area contributed by atoms with Crippen LogP contribution in [0.15, 0.2) is 47.4 Å². The van der Waals surface area contributed by atoms with Gasteiger partial charge in [0.25, 0.3) is 0 Å². The zero-order chi connectivity index (χ0) is 19.7. The van der Waals surface area contributed by atoms with E-state index in [9.17, 15) is 21.9 Å². The van der Waals surface area contributed by atoms with Gasteiger partial charge in [-0.2, -0.15) is 22.4 Å². The van der Waals surface area contributed by atoms with Gasteiger partial charge in [0.05, 0.1) is 11.3 Å². The summed E-state index contributed by atoms with van der Waals surface area (Å²) < 4.78 is 70.4. The quantitative estimate of drug-likeness (QED) is 0.454. The number of alkyl halides is 3. The summed E-state index contributed by atoms with van der Waals surface area (Å²) in [7, 11) is -3.73. The molecule has 2 unspecified atom stereocenters. The second-order valence-corrected chi connectivity index (χ2v) is 7.87. The van der Waals surface area contributed by atoms with Crippen molar-refractivity contribution in [3.05, 3.63) is 48.0 Å². The smallest absolute Gasteiger partial charge is 0.419 e. The van der Waals surface area contributed by atoms with Gasteiger partial charge in [-0.05, 0) is 41.4 Å². The molecule has 10 heteroatoms. The molecule has 146 valence electrons. The Morgan fingerprint density at radius 2 is 1.93 bits per heavy atom. The molecule has 1 aliphatic rings. The Bertz CT molecular complexity index is 853. The summed E-state index contributed by atoms with van der Waals surface area (Å²) in [5, 5.41) is 3.01. The summed E-state index contributed by atoms with van der Waals surface area (Å²) in [6.45, 7) is 1.10. The van der Waals surface area contributed by atoms with Gasteiger partial charge in [-0.25, -0.2) is 0 Å². The maximum Gasteiger partial charge on any atom is 0.419 e. The summed E-state index contributed by atoms with van der Waals surface area (Å²) >= 11 is 0. The minimum atomic E-state index is -4.60. The lowest BCUT2D eigenvalue weighted by molar-refractivity contribution is -0.139. The van der Waals surface area contributed by atoms with Gasteiger partial charge in [0.2, 0.25) is 4.90 Å². The Balaban J connectivity index is 1.89. The highest BCUT2D eigenvalue weighted by Crippen LogP contribution is 2.39. The molecule has 1 heterocycles. The number of halogens is 3. The van der Waals surface area contributed by atoms with Crippen molar-refractivity contribution in [1.29, 1.82) is 0 Å². The summed E-state index contributed by atoms with van der Waals surface area (Å²) in [6.07, 6.45) is -4.41. The van der Waals surface area contributed by atoms with Gasteiger partial charge in [0.15, 0.2) is 0 Å². The van der Waals surface area contributed by atoms with Crippen LogP contribution in [-0.2, 0) is 20.8 Å². The third-order valence-electron chi connectivity index (χ3n) is 4.05. The van der Waals surface area contributed by atoms with E-state index in [1.807, 2.05) is 0 Å². The van der Waals surface area contributed by atoms with E-state index in [0.29, 0.717) is 25.2 Å². The first-order valence-corrected chi connectivity index (χ1v) is 9.65. The van der Waals surface area contributed by atoms with Crippen molar-refractivity contribution in [2.75, 3.05) is 23.5 Å². The minimum Gasteiger partial charge on any atom is -0.488 e. The van der Waals surface area contributed by atoms with E-state index in [2.05, 4.69) is 10.0 Å². The Kier molecular flexibility index (Phi) is 5.31. The average Bonchev–Trinajstić information content (AvgIpc) is 3.07. The molecule has 1 aliphatic heterocycles. The molecule has 27 heavy (non-hydrogen) atoms. The van der Waals surface area contributed by atoms with Crippen LogP contribution in [0.3, 0.4) is 0 Å². The third-order valence-corrected chi connectivity index (χ3v) is 5.48. The maximum atomic E-state index is 13.3. The first-order valence-electron chi connectivity index (χ1n) is 8.14. The van der Waals surface area contributed by atoms with Crippen molar-refractivity contribution in [3.8, 4) is 5.75 Å². The number of benzene rings is 2. The van der Waals surface area contributed by atoms with Gasteiger partial charge in [0.1, 0.15) is 11.9 Å². The Morgan fingerprint density at radius 1 is 1.22 bits per heavy atom. The van der Waals surface area contributed by atoms with Crippen molar-refractivity contribution < 1.29 is 26.7 Å². The molecule has 1 saturated heterocycles. The number of anilines is 2. The fraction of sp³-hybridized carbons (Fsp3) is 0.294. The molecule has 0 spiro atoms. The summed E-state index contributed by atoms with van der Waals surface area (Å²) in [6, 6.07) is 8.68. The molecule has 3 rings (SSSR count). The van der Waals surface area contributed by atoms with Crippen LogP contribution in [0.4, 0.5) is 24.5 Å². The number of rotatable bonds is 5. The van der Waals surface area contributed by atoms with Crippen LogP contribution in [0, 0.1) is 0 Å². The third kappa shape index (κ3) is 4.71. The van der Waals surface area contributed by atoms with Gasteiger partial charge in [-0.15, -0.1) is 0 Å². The molecule has 1 fully saturated rings. The van der Waals surface area contributed by atoms with E-state index >= 15 is 0 Å². The molecule has 2 aromatic carbocycles. The Labute approximate surface area is 155 Å². The fourth-order valence-corrected chi connectivity index (χ4v) is 3.77. The number of nitrogens with one attached hydrogen (secondary N) is 2. The van der Waals surface area contributed by atoms with Crippen molar-refractivity contribution in [3.63, 3.8) is 0 Å². The van der Waals surface area contributed by atoms with Gasteiger partial charge in [0, 0.05) is 30.4 Å². The second kappa shape index (κ2) is 7.37.